The molecule has 80 valence electrons. The van der Waals surface area contributed by atoms with E-state index >= 15 is 0 Å². The fraction of sp³-hybridized carbons (Fsp3) is 0.0909. The Morgan fingerprint density at radius 3 is 2.94 bits per heavy atom. The van der Waals surface area contributed by atoms with E-state index < -0.39 is 0 Å². The van der Waals surface area contributed by atoms with Gasteiger partial charge in [-0.1, -0.05) is 0 Å². The number of imidazole rings is 1. The molecule has 2 rings (SSSR count). The van der Waals surface area contributed by atoms with Crippen molar-refractivity contribution in [2.45, 2.75) is 0 Å². The Morgan fingerprint density at radius 2 is 2.31 bits per heavy atom. The van der Waals surface area contributed by atoms with E-state index in [1.165, 1.54) is 0 Å². The Bertz CT molecular complexity index is 553. The van der Waals surface area contributed by atoms with Crippen molar-refractivity contribution >= 4 is 5.69 Å². The maximum Gasteiger partial charge on any atom is 0.301 e. The number of benzene rings is 1. The average Bonchev–Trinajstić information content (AvgIpc) is 2.67. The van der Waals surface area contributed by atoms with Crippen LogP contribution in [-0.4, -0.2) is 9.55 Å². The SMILES string of the molecule is Cn1ccnc1Oc1ccc(N)cc1C#N. The molecule has 1 heterocycles. The van der Waals surface area contributed by atoms with Crippen LogP contribution in [0.5, 0.6) is 11.8 Å². The second-order valence-corrected chi connectivity index (χ2v) is 3.29. The van der Waals surface area contributed by atoms with Crippen molar-refractivity contribution in [2.75, 3.05) is 5.73 Å². The molecule has 0 fully saturated rings. The summed E-state index contributed by atoms with van der Waals surface area (Å²) in [4.78, 5) is 4.01. The molecule has 0 atom stereocenters. The Morgan fingerprint density at radius 1 is 1.50 bits per heavy atom. The van der Waals surface area contributed by atoms with Crippen LogP contribution in [0.1, 0.15) is 5.56 Å². The fourth-order valence-electron chi connectivity index (χ4n) is 1.27. The number of aryl methyl sites for hydroxylation is 1. The van der Waals surface area contributed by atoms with Crippen LogP contribution >= 0.6 is 0 Å². The van der Waals surface area contributed by atoms with Crippen LogP contribution in [0.4, 0.5) is 5.69 Å². The molecule has 0 saturated heterocycles. The average molecular weight is 214 g/mol. The predicted octanol–water partition coefficient (Wildman–Crippen LogP) is 1.67. The minimum Gasteiger partial charge on any atom is -0.424 e. The monoisotopic (exact) mass is 214 g/mol. The van der Waals surface area contributed by atoms with E-state index in [0.29, 0.717) is 23.0 Å². The molecule has 0 aliphatic carbocycles. The van der Waals surface area contributed by atoms with Gasteiger partial charge >= 0.3 is 6.01 Å². The van der Waals surface area contributed by atoms with E-state index in [-0.39, 0.29) is 0 Å². The fourth-order valence-corrected chi connectivity index (χ4v) is 1.27. The van der Waals surface area contributed by atoms with Gasteiger partial charge in [0.25, 0.3) is 0 Å². The highest BCUT2D eigenvalue weighted by Crippen LogP contribution is 2.25. The van der Waals surface area contributed by atoms with E-state index in [2.05, 4.69) is 4.98 Å². The first-order valence-corrected chi connectivity index (χ1v) is 4.65. The second kappa shape index (κ2) is 3.95. The minimum atomic E-state index is 0.392. The maximum atomic E-state index is 8.93. The van der Waals surface area contributed by atoms with Crippen LogP contribution < -0.4 is 10.5 Å². The molecule has 16 heavy (non-hydrogen) atoms. The number of ether oxygens (including phenoxy) is 1. The highest BCUT2D eigenvalue weighted by atomic mass is 16.5. The third-order valence-electron chi connectivity index (χ3n) is 2.10. The lowest BCUT2D eigenvalue weighted by atomic mass is 10.2. The van der Waals surface area contributed by atoms with Crippen LogP contribution in [-0.2, 0) is 7.05 Å². The maximum absolute atomic E-state index is 8.93. The molecular formula is C11H10N4O. The van der Waals surface area contributed by atoms with Crippen LogP contribution in [0.15, 0.2) is 30.6 Å². The minimum absolute atomic E-state index is 0.392. The van der Waals surface area contributed by atoms with Gasteiger partial charge in [-0.05, 0) is 18.2 Å². The summed E-state index contributed by atoms with van der Waals surface area (Å²) in [5.74, 6) is 0.450. The molecular weight excluding hydrogens is 204 g/mol. The molecule has 5 nitrogen and oxygen atoms in total. The van der Waals surface area contributed by atoms with Gasteiger partial charge in [-0.25, -0.2) is 4.98 Å². The van der Waals surface area contributed by atoms with Gasteiger partial charge in [0, 0.05) is 25.1 Å². The summed E-state index contributed by atoms with van der Waals surface area (Å²) in [6, 6.07) is 7.36. The molecule has 1 aromatic heterocycles. The number of anilines is 1. The number of nitriles is 1. The normalized spacial score (nSPS) is 9.75. The van der Waals surface area contributed by atoms with Crippen LogP contribution in [0.25, 0.3) is 0 Å². The summed E-state index contributed by atoms with van der Waals surface area (Å²) >= 11 is 0. The van der Waals surface area contributed by atoms with Gasteiger partial charge in [0.15, 0.2) is 0 Å². The lowest BCUT2D eigenvalue weighted by molar-refractivity contribution is 0.423. The van der Waals surface area contributed by atoms with E-state index in [1.54, 1.807) is 35.2 Å². The third kappa shape index (κ3) is 1.81. The molecule has 0 aliphatic heterocycles. The third-order valence-corrected chi connectivity index (χ3v) is 2.10. The molecule has 2 N–H and O–H groups in total. The van der Waals surface area contributed by atoms with Crippen LogP contribution in [0.2, 0.25) is 0 Å². The van der Waals surface area contributed by atoms with E-state index in [9.17, 15) is 0 Å². The summed E-state index contributed by atoms with van der Waals surface area (Å²) in [5.41, 5.74) is 6.50. The molecule has 0 amide bonds. The van der Waals surface area contributed by atoms with Crippen molar-refractivity contribution in [3.8, 4) is 17.8 Å². The van der Waals surface area contributed by atoms with Crippen molar-refractivity contribution < 1.29 is 4.74 Å². The zero-order valence-corrected chi connectivity index (χ0v) is 8.71. The summed E-state index contributed by atoms with van der Waals surface area (Å²) in [7, 11) is 1.81. The first kappa shape index (κ1) is 10.1. The molecule has 0 spiro atoms. The zero-order chi connectivity index (χ0) is 11.5. The highest BCUT2D eigenvalue weighted by molar-refractivity contribution is 5.53. The van der Waals surface area contributed by atoms with Crippen molar-refractivity contribution in [1.82, 2.24) is 9.55 Å². The number of nitrogens with zero attached hydrogens (tertiary/aromatic N) is 3. The number of rotatable bonds is 2. The van der Waals surface area contributed by atoms with Crippen LogP contribution in [0.3, 0.4) is 0 Å². The molecule has 0 unspecified atom stereocenters. The first-order chi connectivity index (χ1) is 7.70. The summed E-state index contributed by atoms with van der Waals surface area (Å²) in [6.45, 7) is 0. The van der Waals surface area contributed by atoms with Crippen molar-refractivity contribution in [2.24, 2.45) is 7.05 Å². The van der Waals surface area contributed by atoms with Gasteiger partial charge in [0.05, 0.1) is 5.56 Å². The molecule has 0 radical (unpaired) electrons. The predicted molar refractivity (Wildman–Crippen MR) is 58.9 cm³/mol. The Labute approximate surface area is 92.7 Å². The van der Waals surface area contributed by atoms with Gasteiger partial charge in [-0.15, -0.1) is 0 Å². The Hall–Kier alpha value is -2.48. The molecule has 0 bridgehead atoms. The number of aromatic nitrogens is 2. The van der Waals surface area contributed by atoms with Crippen molar-refractivity contribution in [3.05, 3.63) is 36.2 Å². The highest BCUT2D eigenvalue weighted by Gasteiger charge is 2.07. The molecule has 1 aromatic carbocycles. The quantitative estimate of drug-likeness (QED) is 0.771. The number of hydrogen-bond donors (Lipinski definition) is 1. The second-order valence-electron chi connectivity index (χ2n) is 3.29. The van der Waals surface area contributed by atoms with Gasteiger partial charge < -0.3 is 15.0 Å². The van der Waals surface area contributed by atoms with E-state index in [4.69, 9.17) is 15.7 Å². The largest absolute Gasteiger partial charge is 0.424 e. The number of nitrogens with two attached hydrogens (primary N) is 1. The topological polar surface area (TPSA) is 76.9 Å². The number of hydrogen-bond acceptors (Lipinski definition) is 4. The lowest BCUT2D eigenvalue weighted by Crippen LogP contribution is -1.96. The van der Waals surface area contributed by atoms with Crippen LogP contribution in [0, 0.1) is 11.3 Å². The van der Waals surface area contributed by atoms with E-state index in [0.717, 1.165) is 0 Å². The zero-order valence-electron chi connectivity index (χ0n) is 8.71. The first-order valence-electron chi connectivity index (χ1n) is 4.65. The molecule has 5 heteroatoms. The summed E-state index contributed by atoms with van der Waals surface area (Å²) < 4.78 is 7.22. The lowest BCUT2D eigenvalue weighted by Gasteiger charge is -2.06. The van der Waals surface area contributed by atoms with Crippen molar-refractivity contribution in [1.29, 1.82) is 5.26 Å². The number of nitrogen functional groups attached to an aromatic ring is 1. The van der Waals surface area contributed by atoms with Crippen molar-refractivity contribution in [3.63, 3.8) is 0 Å². The molecule has 0 aliphatic rings. The van der Waals surface area contributed by atoms with Gasteiger partial charge in [-0.2, -0.15) is 5.26 Å². The van der Waals surface area contributed by atoms with Gasteiger partial charge in [-0.3, -0.25) is 0 Å². The Kier molecular flexibility index (Phi) is 2.48. The summed E-state index contributed by atoms with van der Waals surface area (Å²) in [6.07, 6.45) is 3.39. The smallest absolute Gasteiger partial charge is 0.301 e. The van der Waals surface area contributed by atoms with Gasteiger partial charge in [0.1, 0.15) is 11.8 Å². The Balaban J connectivity index is 2.36. The molecule has 2 aromatic rings. The van der Waals surface area contributed by atoms with E-state index in [1.807, 2.05) is 13.1 Å². The van der Waals surface area contributed by atoms with Gasteiger partial charge in [0.2, 0.25) is 0 Å². The molecule has 0 saturated carbocycles. The summed E-state index contributed by atoms with van der Waals surface area (Å²) in [5, 5.41) is 8.93. The standard InChI is InChI=1S/C11H10N4O/c1-15-5-4-14-11(15)16-10-3-2-9(13)6-8(10)7-12/h2-6H,13H2,1H3.